The summed E-state index contributed by atoms with van der Waals surface area (Å²) in [5.74, 6) is 2.51. The van der Waals surface area contributed by atoms with Crippen molar-refractivity contribution in [1.29, 1.82) is 0 Å². The zero-order valence-corrected chi connectivity index (χ0v) is 18.3. The second-order valence-electron chi connectivity index (χ2n) is 8.35. The Morgan fingerprint density at radius 3 is 2.79 bits per heavy atom. The molecule has 1 fully saturated rings. The van der Waals surface area contributed by atoms with Gasteiger partial charge in [0.05, 0.1) is 5.75 Å². The first-order valence-corrected chi connectivity index (χ1v) is 11.1. The van der Waals surface area contributed by atoms with Crippen molar-refractivity contribution < 1.29 is 9.53 Å². The molecule has 2 aromatic rings. The number of hydrogen-bond donors (Lipinski definition) is 0. The van der Waals surface area contributed by atoms with Crippen LogP contribution in [0.3, 0.4) is 0 Å². The molecule has 0 N–H and O–H groups in total. The van der Waals surface area contributed by atoms with Gasteiger partial charge in [0.1, 0.15) is 11.9 Å². The highest BCUT2D eigenvalue weighted by Gasteiger charge is 2.33. The van der Waals surface area contributed by atoms with Gasteiger partial charge in [0.2, 0.25) is 0 Å². The fourth-order valence-electron chi connectivity index (χ4n) is 4.08. The van der Waals surface area contributed by atoms with Crippen LogP contribution >= 0.6 is 11.8 Å². The maximum atomic E-state index is 12.6. The molecular weight excluding hydrogens is 370 g/mol. The SMILES string of the molecule is Cc1cccc(-n2c(C)nnc2SCC(=O)O[C@@H]2C[C@@H](C)CC[C@@H]2C(C)C)c1. The van der Waals surface area contributed by atoms with Crippen LogP contribution in [0.4, 0.5) is 0 Å². The molecule has 0 aliphatic heterocycles. The second kappa shape index (κ2) is 9.12. The third kappa shape index (κ3) is 4.96. The van der Waals surface area contributed by atoms with E-state index >= 15 is 0 Å². The lowest BCUT2D eigenvalue weighted by molar-refractivity contribution is -0.152. The van der Waals surface area contributed by atoms with E-state index in [0.717, 1.165) is 29.5 Å². The predicted molar refractivity (Wildman–Crippen MR) is 113 cm³/mol. The Hall–Kier alpha value is -1.82. The van der Waals surface area contributed by atoms with Gasteiger partial charge >= 0.3 is 5.97 Å². The Bertz CT molecular complexity index is 818. The van der Waals surface area contributed by atoms with Crippen molar-refractivity contribution in [2.75, 3.05) is 5.75 Å². The Morgan fingerprint density at radius 1 is 1.29 bits per heavy atom. The minimum absolute atomic E-state index is 0.0354. The number of rotatable bonds is 6. The van der Waals surface area contributed by atoms with E-state index in [2.05, 4.69) is 50.0 Å². The summed E-state index contributed by atoms with van der Waals surface area (Å²) in [4.78, 5) is 12.6. The number of hydrogen-bond acceptors (Lipinski definition) is 5. The van der Waals surface area contributed by atoms with Crippen molar-refractivity contribution >= 4 is 17.7 Å². The summed E-state index contributed by atoms with van der Waals surface area (Å²) < 4.78 is 7.90. The smallest absolute Gasteiger partial charge is 0.316 e. The van der Waals surface area contributed by atoms with Crippen molar-refractivity contribution in [3.8, 4) is 5.69 Å². The molecule has 0 bridgehead atoms. The van der Waals surface area contributed by atoms with Crippen LogP contribution in [0.1, 0.15) is 51.4 Å². The first-order chi connectivity index (χ1) is 13.3. The molecule has 3 rings (SSSR count). The zero-order chi connectivity index (χ0) is 20.3. The van der Waals surface area contributed by atoms with E-state index in [0.29, 0.717) is 17.8 Å². The predicted octanol–water partition coefficient (Wildman–Crippen LogP) is 4.98. The zero-order valence-electron chi connectivity index (χ0n) is 17.5. The maximum absolute atomic E-state index is 12.6. The monoisotopic (exact) mass is 401 g/mol. The van der Waals surface area contributed by atoms with Crippen LogP contribution in [-0.4, -0.2) is 32.6 Å². The van der Waals surface area contributed by atoms with Gasteiger partial charge < -0.3 is 4.74 Å². The molecule has 0 spiro atoms. The van der Waals surface area contributed by atoms with Crippen molar-refractivity contribution in [2.45, 2.75) is 65.1 Å². The number of aromatic nitrogens is 3. The number of nitrogens with zero attached hydrogens (tertiary/aromatic N) is 3. The summed E-state index contributed by atoms with van der Waals surface area (Å²) in [5.41, 5.74) is 2.19. The van der Waals surface area contributed by atoms with Crippen LogP contribution in [0.25, 0.3) is 5.69 Å². The van der Waals surface area contributed by atoms with Gasteiger partial charge in [0.15, 0.2) is 5.16 Å². The normalized spacial score (nSPS) is 22.4. The molecule has 1 aromatic heterocycles. The first kappa shape index (κ1) is 20.9. The van der Waals surface area contributed by atoms with Crippen molar-refractivity contribution in [2.24, 2.45) is 17.8 Å². The van der Waals surface area contributed by atoms with Gasteiger partial charge in [0.25, 0.3) is 0 Å². The molecular formula is C22H31N3O2S. The summed E-state index contributed by atoms with van der Waals surface area (Å²) in [6.07, 6.45) is 3.38. The van der Waals surface area contributed by atoms with E-state index in [1.54, 1.807) is 0 Å². The standard InChI is InChI=1S/C22H31N3O2S/c1-14(2)19-10-9-16(4)12-20(19)27-21(26)13-28-22-24-23-17(5)25(22)18-8-6-7-15(3)11-18/h6-8,11,14,16,19-20H,9-10,12-13H2,1-5H3/t16-,19+,20+/m0/s1. The lowest BCUT2D eigenvalue weighted by Gasteiger charge is -2.36. The van der Waals surface area contributed by atoms with Gasteiger partial charge in [-0.15, -0.1) is 10.2 Å². The van der Waals surface area contributed by atoms with Gasteiger partial charge in [-0.3, -0.25) is 9.36 Å². The summed E-state index contributed by atoms with van der Waals surface area (Å²) in [7, 11) is 0. The van der Waals surface area contributed by atoms with E-state index in [9.17, 15) is 4.79 Å². The van der Waals surface area contributed by atoms with Gasteiger partial charge in [0, 0.05) is 5.69 Å². The summed E-state index contributed by atoms with van der Waals surface area (Å²) in [6.45, 7) is 10.7. The fraction of sp³-hybridized carbons (Fsp3) is 0.591. The second-order valence-corrected chi connectivity index (χ2v) is 9.29. The largest absolute Gasteiger partial charge is 0.461 e. The third-order valence-corrected chi connectivity index (χ3v) is 6.52. The first-order valence-electron chi connectivity index (χ1n) is 10.2. The molecule has 28 heavy (non-hydrogen) atoms. The van der Waals surface area contributed by atoms with Gasteiger partial charge in [-0.25, -0.2) is 0 Å². The van der Waals surface area contributed by atoms with Crippen LogP contribution < -0.4 is 0 Å². The van der Waals surface area contributed by atoms with Gasteiger partial charge in [-0.05, 0) is 62.1 Å². The molecule has 3 atom stereocenters. The fourth-order valence-corrected chi connectivity index (χ4v) is 4.86. The topological polar surface area (TPSA) is 57.0 Å². The lowest BCUT2D eigenvalue weighted by Crippen LogP contribution is -2.36. The van der Waals surface area contributed by atoms with Crippen LogP contribution in [0.15, 0.2) is 29.4 Å². The van der Waals surface area contributed by atoms with Crippen molar-refractivity contribution in [3.63, 3.8) is 0 Å². The molecule has 1 heterocycles. The van der Waals surface area contributed by atoms with E-state index in [4.69, 9.17) is 4.74 Å². The number of thioether (sulfide) groups is 1. The van der Waals surface area contributed by atoms with E-state index in [1.165, 1.54) is 23.7 Å². The molecule has 1 aliphatic carbocycles. The number of carbonyl (C=O) groups excluding carboxylic acids is 1. The molecule has 0 saturated heterocycles. The minimum Gasteiger partial charge on any atom is -0.461 e. The van der Waals surface area contributed by atoms with Crippen LogP contribution in [0.2, 0.25) is 0 Å². The van der Waals surface area contributed by atoms with E-state index < -0.39 is 0 Å². The van der Waals surface area contributed by atoms with Crippen LogP contribution in [0.5, 0.6) is 0 Å². The Kier molecular flexibility index (Phi) is 6.81. The molecule has 0 radical (unpaired) electrons. The van der Waals surface area contributed by atoms with Crippen molar-refractivity contribution in [3.05, 3.63) is 35.7 Å². The Labute approximate surface area is 172 Å². The molecule has 0 unspecified atom stereocenters. The van der Waals surface area contributed by atoms with Gasteiger partial charge in [-0.1, -0.05) is 51.1 Å². The highest BCUT2D eigenvalue weighted by Crippen LogP contribution is 2.35. The van der Waals surface area contributed by atoms with Gasteiger partial charge in [-0.2, -0.15) is 0 Å². The summed E-state index contributed by atoms with van der Waals surface area (Å²) in [6, 6.07) is 8.20. The third-order valence-electron chi connectivity index (χ3n) is 5.62. The molecule has 0 amide bonds. The average molecular weight is 402 g/mol. The maximum Gasteiger partial charge on any atom is 0.316 e. The molecule has 5 nitrogen and oxygen atoms in total. The van der Waals surface area contributed by atoms with Crippen LogP contribution in [0, 0.1) is 31.6 Å². The highest BCUT2D eigenvalue weighted by atomic mass is 32.2. The lowest BCUT2D eigenvalue weighted by atomic mass is 9.75. The van der Waals surface area contributed by atoms with E-state index in [-0.39, 0.29) is 17.8 Å². The quantitative estimate of drug-likeness (QED) is 0.505. The molecule has 1 saturated carbocycles. The molecule has 152 valence electrons. The summed E-state index contributed by atoms with van der Waals surface area (Å²) >= 11 is 1.39. The molecule has 1 aliphatic rings. The number of aryl methyl sites for hydroxylation is 2. The van der Waals surface area contributed by atoms with Crippen molar-refractivity contribution in [1.82, 2.24) is 14.8 Å². The number of ether oxygens (including phenoxy) is 1. The Morgan fingerprint density at radius 2 is 2.07 bits per heavy atom. The number of carbonyl (C=O) groups is 1. The Balaban J connectivity index is 1.65. The minimum atomic E-state index is -0.161. The number of esters is 1. The molecule has 6 heteroatoms. The molecule has 1 aromatic carbocycles. The average Bonchev–Trinajstić information content (AvgIpc) is 3.00. The number of benzene rings is 1. The summed E-state index contributed by atoms with van der Waals surface area (Å²) in [5, 5.41) is 9.19. The highest BCUT2D eigenvalue weighted by molar-refractivity contribution is 7.99. The van der Waals surface area contributed by atoms with Crippen LogP contribution in [-0.2, 0) is 9.53 Å². The van der Waals surface area contributed by atoms with E-state index in [1.807, 2.05) is 23.6 Å².